The summed E-state index contributed by atoms with van der Waals surface area (Å²) >= 11 is 0. The van der Waals surface area contributed by atoms with Gasteiger partial charge in [-0.25, -0.2) is 0 Å². The van der Waals surface area contributed by atoms with Gasteiger partial charge in [0.1, 0.15) is 0 Å². The van der Waals surface area contributed by atoms with Gasteiger partial charge in [0, 0.05) is 10.8 Å². The average molecular weight is 139 g/mol. The minimum absolute atomic E-state index is 0.0564. The molecule has 0 radical (unpaired) electrons. The van der Waals surface area contributed by atoms with Gasteiger partial charge in [-0.05, 0) is 6.42 Å². The number of allylic oxidation sites excluding steroid dienone is 3. The van der Waals surface area contributed by atoms with Crippen molar-refractivity contribution < 1.29 is 4.92 Å². The third kappa shape index (κ3) is 2.01. The zero-order chi connectivity index (χ0) is 7.40. The zero-order valence-corrected chi connectivity index (χ0v) is 5.56. The van der Waals surface area contributed by atoms with Crippen molar-refractivity contribution >= 4 is 0 Å². The van der Waals surface area contributed by atoms with Crippen molar-refractivity contribution in [3.8, 4) is 0 Å². The SMILES string of the molecule is O=[N+]([O-])CC1C=CC=CC1. The molecule has 0 aromatic carbocycles. The molecule has 0 aliphatic heterocycles. The van der Waals surface area contributed by atoms with Crippen LogP contribution in [0.15, 0.2) is 24.3 Å². The summed E-state index contributed by atoms with van der Waals surface area (Å²) in [5.74, 6) is 0.111. The molecule has 0 aromatic rings. The molecule has 10 heavy (non-hydrogen) atoms. The van der Waals surface area contributed by atoms with Gasteiger partial charge in [-0.15, -0.1) is 0 Å². The van der Waals surface area contributed by atoms with Crippen LogP contribution < -0.4 is 0 Å². The summed E-state index contributed by atoms with van der Waals surface area (Å²) in [4.78, 5) is 9.75. The van der Waals surface area contributed by atoms with Gasteiger partial charge in [0.25, 0.3) is 0 Å². The Morgan fingerprint density at radius 2 is 2.40 bits per heavy atom. The van der Waals surface area contributed by atoms with Gasteiger partial charge in [-0.2, -0.15) is 0 Å². The molecule has 1 aliphatic rings. The van der Waals surface area contributed by atoms with E-state index in [1.807, 2.05) is 24.3 Å². The van der Waals surface area contributed by atoms with E-state index >= 15 is 0 Å². The van der Waals surface area contributed by atoms with E-state index in [4.69, 9.17) is 0 Å². The van der Waals surface area contributed by atoms with Crippen molar-refractivity contribution in [3.05, 3.63) is 34.4 Å². The molecule has 0 aromatic heterocycles. The minimum atomic E-state index is -0.270. The summed E-state index contributed by atoms with van der Waals surface area (Å²) in [6.45, 7) is 0.0564. The maximum Gasteiger partial charge on any atom is 0.210 e. The van der Waals surface area contributed by atoms with E-state index in [1.165, 1.54) is 0 Å². The molecular weight excluding hydrogens is 130 g/mol. The van der Waals surface area contributed by atoms with E-state index in [0.29, 0.717) is 0 Å². The van der Waals surface area contributed by atoms with Crippen LogP contribution in [0.5, 0.6) is 0 Å². The highest BCUT2D eigenvalue weighted by atomic mass is 16.6. The van der Waals surface area contributed by atoms with Crippen LogP contribution in [0.1, 0.15) is 6.42 Å². The number of rotatable bonds is 2. The molecular formula is C7H9NO2. The molecule has 0 spiro atoms. The lowest BCUT2D eigenvalue weighted by atomic mass is 10.0. The van der Waals surface area contributed by atoms with Gasteiger partial charge < -0.3 is 0 Å². The molecule has 0 N–H and O–H groups in total. The molecule has 1 atom stereocenters. The summed E-state index contributed by atoms with van der Waals surface area (Å²) < 4.78 is 0. The average Bonchev–Trinajstić information content (AvgIpc) is 1.88. The smallest absolute Gasteiger partial charge is 0.210 e. The van der Waals surface area contributed by atoms with Crippen molar-refractivity contribution in [2.45, 2.75) is 6.42 Å². The van der Waals surface area contributed by atoms with Crippen LogP contribution in [-0.4, -0.2) is 11.5 Å². The highest BCUT2D eigenvalue weighted by Gasteiger charge is 2.10. The van der Waals surface area contributed by atoms with Crippen LogP contribution in [0.3, 0.4) is 0 Å². The standard InChI is InChI=1S/C7H9NO2/c9-8(10)6-7-4-2-1-3-5-7/h1-4,7H,5-6H2. The molecule has 0 amide bonds. The van der Waals surface area contributed by atoms with E-state index in [-0.39, 0.29) is 17.4 Å². The van der Waals surface area contributed by atoms with E-state index in [9.17, 15) is 10.1 Å². The van der Waals surface area contributed by atoms with Gasteiger partial charge in [0.05, 0.1) is 0 Å². The Balaban J connectivity index is 2.37. The van der Waals surface area contributed by atoms with Gasteiger partial charge in [0.2, 0.25) is 6.54 Å². The van der Waals surface area contributed by atoms with Gasteiger partial charge in [-0.3, -0.25) is 10.1 Å². The van der Waals surface area contributed by atoms with Crippen molar-refractivity contribution in [1.82, 2.24) is 0 Å². The number of hydrogen-bond donors (Lipinski definition) is 0. The van der Waals surface area contributed by atoms with Crippen molar-refractivity contribution in [3.63, 3.8) is 0 Å². The Morgan fingerprint density at radius 1 is 1.60 bits per heavy atom. The number of hydrogen-bond acceptors (Lipinski definition) is 2. The molecule has 54 valence electrons. The first kappa shape index (κ1) is 6.99. The first-order chi connectivity index (χ1) is 4.79. The van der Waals surface area contributed by atoms with Gasteiger partial charge >= 0.3 is 0 Å². The number of nitro groups is 1. The van der Waals surface area contributed by atoms with Crippen molar-refractivity contribution in [2.24, 2.45) is 5.92 Å². The fraction of sp³-hybridized carbons (Fsp3) is 0.429. The summed E-state index contributed by atoms with van der Waals surface area (Å²) in [7, 11) is 0. The molecule has 0 saturated heterocycles. The number of nitrogens with zero attached hydrogens (tertiary/aromatic N) is 1. The van der Waals surface area contributed by atoms with Crippen LogP contribution in [-0.2, 0) is 0 Å². The fourth-order valence-corrected chi connectivity index (χ4v) is 0.959. The zero-order valence-electron chi connectivity index (χ0n) is 5.56. The molecule has 0 fully saturated rings. The van der Waals surface area contributed by atoms with E-state index in [2.05, 4.69) is 0 Å². The molecule has 1 aliphatic carbocycles. The van der Waals surface area contributed by atoms with E-state index in [0.717, 1.165) is 6.42 Å². The first-order valence-electron chi connectivity index (χ1n) is 3.24. The Kier molecular flexibility index (Phi) is 2.20. The van der Waals surface area contributed by atoms with E-state index < -0.39 is 0 Å². The molecule has 3 nitrogen and oxygen atoms in total. The minimum Gasteiger partial charge on any atom is -0.265 e. The topological polar surface area (TPSA) is 43.1 Å². The highest BCUT2D eigenvalue weighted by Crippen LogP contribution is 2.10. The molecule has 3 heteroatoms. The Labute approximate surface area is 59.2 Å². The maximum atomic E-state index is 10.0. The summed E-state index contributed by atoms with van der Waals surface area (Å²) in [5.41, 5.74) is 0. The van der Waals surface area contributed by atoms with Gasteiger partial charge in [-0.1, -0.05) is 24.3 Å². The second-order valence-electron chi connectivity index (χ2n) is 2.32. The molecule has 0 saturated carbocycles. The lowest BCUT2D eigenvalue weighted by Gasteiger charge is -2.05. The van der Waals surface area contributed by atoms with Crippen LogP contribution >= 0.6 is 0 Å². The molecule has 0 bridgehead atoms. The normalized spacial score (nSPS) is 23.0. The summed E-state index contributed by atoms with van der Waals surface area (Å²) in [6, 6.07) is 0. The Bertz CT molecular complexity index is 184. The third-order valence-electron chi connectivity index (χ3n) is 1.45. The summed E-state index contributed by atoms with van der Waals surface area (Å²) in [6.07, 6.45) is 8.41. The highest BCUT2D eigenvalue weighted by molar-refractivity contribution is 5.10. The maximum absolute atomic E-state index is 10.0. The molecule has 1 unspecified atom stereocenters. The fourth-order valence-electron chi connectivity index (χ4n) is 0.959. The Morgan fingerprint density at radius 3 is 2.90 bits per heavy atom. The molecule has 0 heterocycles. The largest absolute Gasteiger partial charge is 0.265 e. The van der Waals surface area contributed by atoms with Crippen LogP contribution in [0, 0.1) is 16.0 Å². The lowest BCUT2D eigenvalue weighted by molar-refractivity contribution is -0.485. The quantitative estimate of drug-likeness (QED) is 0.428. The van der Waals surface area contributed by atoms with Gasteiger partial charge in [0.15, 0.2) is 0 Å². The van der Waals surface area contributed by atoms with Crippen LogP contribution in [0.2, 0.25) is 0 Å². The second-order valence-corrected chi connectivity index (χ2v) is 2.32. The first-order valence-corrected chi connectivity index (χ1v) is 3.24. The van der Waals surface area contributed by atoms with E-state index in [1.54, 1.807) is 0 Å². The predicted molar refractivity (Wildman–Crippen MR) is 38.2 cm³/mol. The van der Waals surface area contributed by atoms with Crippen molar-refractivity contribution in [1.29, 1.82) is 0 Å². The summed E-state index contributed by atoms with van der Waals surface area (Å²) in [5, 5.41) is 10.0. The lowest BCUT2D eigenvalue weighted by Crippen LogP contribution is -2.12. The monoisotopic (exact) mass is 139 g/mol. The second kappa shape index (κ2) is 3.15. The predicted octanol–water partition coefficient (Wildman–Crippen LogP) is 1.40. The third-order valence-corrected chi connectivity index (χ3v) is 1.45. The van der Waals surface area contributed by atoms with Crippen molar-refractivity contribution in [2.75, 3.05) is 6.54 Å². The Hall–Kier alpha value is -1.12. The van der Waals surface area contributed by atoms with Crippen LogP contribution in [0.4, 0.5) is 0 Å². The molecule has 1 rings (SSSR count). The van der Waals surface area contributed by atoms with Crippen LogP contribution in [0.25, 0.3) is 0 Å².